The molecule has 0 saturated heterocycles. The number of ether oxygens (including phenoxy) is 1. The summed E-state index contributed by atoms with van der Waals surface area (Å²) in [7, 11) is 0. The number of aryl methyl sites for hydroxylation is 2. The van der Waals surface area contributed by atoms with Gasteiger partial charge in [-0.3, -0.25) is 4.79 Å². The van der Waals surface area contributed by atoms with Gasteiger partial charge in [-0.25, -0.2) is 14.8 Å². The van der Waals surface area contributed by atoms with Crippen molar-refractivity contribution in [3.05, 3.63) is 91.9 Å². The van der Waals surface area contributed by atoms with Crippen LogP contribution in [0.3, 0.4) is 0 Å². The number of nitrogens with zero attached hydrogens (tertiary/aromatic N) is 2. The molecule has 7 nitrogen and oxygen atoms in total. The fourth-order valence-electron chi connectivity index (χ4n) is 4.80. The molecule has 0 amide bonds. The topological polar surface area (TPSA) is 98.1 Å². The first-order chi connectivity index (χ1) is 17.4. The number of fused-ring (bicyclic) bond motifs is 3. The Morgan fingerprint density at radius 2 is 2.00 bits per heavy atom. The average molecular weight is 498 g/mol. The summed E-state index contributed by atoms with van der Waals surface area (Å²) >= 11 is 1.47. The summed E-state index contributed by atoms with van der Waals surface area (Å²) in [6, 6.07) is 11.3. The van der Waals surface area contributed by atoms with Crippen molar-refractivity contribution in [2.75, 3.05) is 0 Å². The van der Waals surface area contributed by atoms with E-state index in [9.17, 15) is 9.59 Å². The van der Waals surface area contributed by atoms with Crippen LogP contribution in [0.4, 0.5) is 0 Å². The average Bonchev–Trinajstić information content (AvgIpc) is 3.58. The lowest BCUT2D eigenvalue weighted by molar-refractivity contribution is 0.0321. The Morgan fingerprint density at radius 1 is 1.17 bits per heavy atom. The van der Waals surface area contributed by atoms with Gasteiger partial charge in [0.15, 0.2) is 11.9 Å². The van der Waals surface area contributed by atoms with E-state index in [1.807, 2.05) is 56.3 Å². The number of carbonyl (C=O) groups excluding carboxylic acids is 1. The summed E-state index contributed by atoms with van der Waals surface area (Å²) in [4.78, 5) is 40.4. The number of aromatic amines is 1. The minimum absolute atomic E-state index is 0.220. The number of para-hydroxylation sites is 1. The van der Waals surface area contributed by atoms with Gasteiger partial charge in [0.25, 0.3) is 5.56 Å². The summed E-state index contributed by atoms with van der Waals surface area (Å²) in [5.74, 6) is 0.614. The molecule has 4 heterocycles. The minimum Gasteiger partial charge on any atom is -0.465 e. The summed E-state index contributed by atoms with van der Waals surface area (Å²) in [5.41, 5.74) is 4.62. The molecule has 0 saturated carbocycles. The van der Waals surface area contributed by atoms with Gasteiger partial charge >= 0.3 is 5.97 Å². The zero-order valence-corrected chi connectivity index (χ0v) is 20.9. The van der Waals surface area contributed by atoms with Crippen LogP contribution in [0.2, 0.25) is 0 Å². The Hall–Kier alpha value is -4.04. The zero-order chi connectivity index (χ0) is 25.0. The number of hydrogen-bond donors (Lipinski definition) is 1. The Bertz CT molecular complexity index is 1740. The molecule has 1 aliphatic rings. The summed E-state index contributed by atoms with van der Waals surface area (Å²) in [6.45, 7) is 5.60. The normalized spacial score (nSPS) is 15.0. The van der Waals surface area contributed by atoms with Gasteiger partial charge in [-0.2, -0.15) is 0 Å². The number of thiophene rings is 1. The van der Waals surface area contributed by atoms with Crippen LogP contribution in [-0.4, -0.2) is 20.9 Å². The first-order valence-corrected chi connectivity index (χ1v) is 12.6. The Balaban J connectivity index is 1.40. The van der Waals surface area contributed by atoms with Gasteiger partial charge < -0.3 is 14.1 Å². The molecular formula is C28H23N3O4S. The predicted molar refractivity (Wildman–Crippen MR) is 140 cm³/mol. The Kier molecular flexibility index (Phi) is 5.34. The lowest BCUT2D eigenvalue weighted by Crippen LogP contribution is -2.18. The molecule has 1 aromatic carbocycles. The number of benzene rings is 1. The van der Waals surface area contributed by atoms with E-state index < -0.39 is 12.1 Å². The van der Waals surface area contributed by atoms with Crippen LogP contribution >= 0.6 is 11.3 Å². The second-order valence-corrected chi connectivity index (χ2v) is 10.2. The van der Waals surface area contributed by atoms with Crippen molar-refractivity contribution in [1.82, 2.24) is 15.0 Å². The Labute approximate surface area is 210 Å². The number of rotatable bonds is 4. The molecular weight excluding hydrogens is 474 g/mol. The van der Waals surface area contributed by atoms with Crippen molar-refractivity contribution < 1.29 is 13.9 Å². The van der Waals surface area contributed by atoms with Crippen LogP contribution in [-0.2, 0) is 11.2 Å². The van der Waals surface area contributed by atoms with Crippen LogP contribution in [0.25, 0.3) is 32.8 Å². The van der Waals surface area contributed by atoms with E-state index in [0.29, 0.717) is 28.0 Å². The first-order valence-electron chi connectivity index (χ1n) is 11.8. The molecule has 0 spiro atoms. The van der Waals surface area contributed by atoms with E-state index >= 15 is 0 Å². The van der Waals surface area contributed by atoms with Gasteiger partial charge in [0, 0.05) is 10.3 Å². The maximum absolute atomic E-state index is 13.6. The smallest absolute Gasteiger partial charge is 0.339 e. The molecule has 1 N–H and O–H groups in total. The highest BCUT2D eigenvalue weighted by Gasteiger charge is 2.29. The molecule has 0 aliphatic heterocycles. The van der Waals surface area contributed by atoms with Gasteiger partial charge in [-0.1, -0.05) is 18.2 Å². The summed E-state index contributed by atoms with van der Waals surface area (Å²) in [5, 5.41) is 1.34. The quantitative estimate of drug-likeness (QED) is 0.299. The fraction of sp³-hybridized carbons (Fsp3) is 0.214. The van der Waals surface area contributed by atoms with Crippen molar-refractivity contribution >= 4 is 50.1 Å². The van der Waals surface area contributed by atoms with Crippen LogP contribution in [0.15, 0.2) is 51.9 Å². The fourth-order valence-corrected chi connectivity index (χ4v) is 5.83. The monoisotopic (exact) mass is 497 g/mol. The van der Waals surface area contributed by atoms with E-state index in [0.717, 1.165) is 50.4 Å². The minimum atomic E-state index is -0.737. The number of allylic oxidation sites excluding steroid dienone is 1. The maximum atomic E-state index is 13.6. The van der Waals surface area contributed by atoms with Crippen molar-refractivity contribution in [3.8, 4) is 0 Å². The van der Waals surface area contributed by atoms with E-state index in [-0.39, 0.29) is 5.56 Å². The van der Waals surface area contributed by atoms with Crippen molar-refractivity contribution in [2.24, 2.45) is 0 Å². The first kappa shape index (κ1) is 22.4. The zero-order valence-electron chi connectivity index (χ0n) is 20.0. The number of esters is 1. The number of pyridine rings is 1. The van der Waals surface area contributed by atoms with E-state index in [1.54, 1.807) is 13.2 Å². The number of H-pyrrole nitrogens is 1. The highest BCUT2D eigenvalue weighted by Crippen LogP contribution is 2.38. The second-order valence-electron chi connectivity index (χ2n) is 8.98. The standard InChI is InChI=1S/C28H23N3O4S/c1-14-16(3)36-27-22(14)26(32)30-25(31-27)15(2)35-28(33)23-19-8-4-5-9-21(19)29-24-17(10-11-20(23)24)13-18-7-6-12-34-18/h4-9,12-13,15H,10-11H2,1-3H3,(H,30,31,32)/b17-13-/t15-/m0/s1. The number of furan rings is 1. The highest BCUT2D eigenvalue weighted by molar-refractivity contribution is 7.18. The molecule has 36 heavy (non-hydrogen) atoms. The largest absolute Gasteiger partial charge is 0.465 e. The SMILES string of the molecule is Cc1sc2nc([C@H](C)OC(=O)c3c4c(nc5ccccc35)/C(=C\c3ccco3)CC4)[nH]c(=O)c2c1C. The third-order valence-electron chi connectivity index (χ3n) is 6.73. The maximum Gasteiger partial charge on any atom is 0.339 e. The van der Waals surface area contributed by atoms with Crippen molar-refractivity contribution in [2.45, 2.75) is 39.7 Å². The molecule has 6 rings (SSSR count). The second kappa shape index (κ2) is 8.57. The molecule has 180 valence electrons. The summed E-state index contributed by atoms with van der Waals surface area (Å²) in [6.07, 6.45) is 4.29. The van der Waals surface area contributed by atoms with Crippen LogP contribution < -0.4 is 5.56 Å². The number of aromatic nitrogens is 3. The molecule has 1 aliphatic carbocycles. The molecule has 5 aromatic rings. The van der Waals surface area contributed by atoms with Gasteiger partial charge in [-0.05, 0) is 74.6 Å². The lowest BCUT2D eigenvalue weighted by Gasteiger charge is -2.16. The third-order valence-corrected chi connectivity index (χ3v) is 7.83. The molecule has 4 aromatic heterocycles. The number of hydrogen-bond acceptors (Lipinski definition) is 7. The third kappa shape index (κ3) is 3.65. The molecule has 0 radical (unpaired) electrons. The van der Waals surface area contributed by atoms with Gasteiger partial charge in [0.2, 0.25) is 0 Å². The Morgan fingerprint density at radius 3 is 2.81 bits per heavy atom. The van der Waals surface area contributed by atoms with E-state index in [4.69, 9.17) is 14.1 Å². The van der Waals surface area contributed by atoms with Gasteiger partial charge in [0.05, 0.1) is 28.4 Å². The van der Waals surface area contributed by atoms with Gasteiger partial charge in [-0.15, -0.1) is 11.3 Å². The molecule has 0 unspecified atom stereocenters. The van der Waals surface area contributed by atoms with Crippen LogP contribution in [0.5, 0.6) is 0 Å². The van der Waals surface area contributed by atoms with E-state index in [1.165, 1.54) is 11.3 Å². The van der Waals surface area contributed by atoms with Gasteiger partial charge in [0.1, 0.15) is 10.6 Å². The predicted octanol–water partition coefficient (Wildman–Crippen LogP) is 6.15. The van der Waals surface area contributed by atoms with Crippen molar-refractivity contribution in [1.29, 1.82) is 0 Å². The lowest BCUT2D eigenvalue weighted by atomic mass is 10.0. The molecule has 8 heteroatoms. The number of carbonyl (C=O) groups is 1. The molecule has 0 bridgehead atoms. The molecule has 0 fully saturated rings. The summed E-state index contributed by atoms with van der Waals surface area (Å²) < 4.78 is 11.4. The highest BCUT2D eigenvalue weighted by atomic mass is 32.1. The molecule has 1 atom stereocenters. The number of nitrogens with one attached hydrogen (secondary N) is 1. The van der Waals surface area contributed by atoms with Crippen molar-refractivity contribution in [3.63, 3.8) is 0 Å². The van der Waals surface area contributed by atoms with Crippen LogP contribution in [0, 0.1) is 13.8 Å². The van der Waals surface area contributed by atoms with Crippen LogP contribution in [0.1, 0.15) is 63.1 Å². The van der Waals surface area contributed by atoms with E-state index in [2.05, 4.69) is 9.97 Å².